The van der Waals surface area contributed by atoms with Crippen molar-refractivity contribution in [1.82, 2.24) is 0 Å². The zero-order chi connectivity index (χ0) is 10.3. The fourth-order valence-corrected chi connectivity index (χ4v) is 2.28. The highest BCUT2D eigenvalue weighted by Crippen LogP contribution is 2.38. The van der Waals surface area contributed by atoms with Gasteiger partial charge in [-0.25, -0.2) is 0 Å². The van der Waals surface area contributed by atoms with Gasteiger partial charge in [0, 0.05) is 18.8 Å². The number of nitrogens with zero attached hydrogens (tertiary/aromatic N) is 1. The molecule has 2 fully saturated rings. The van der Waals surface area contributed by atoms with Crippen molar-refractivity contribution in [2.75, 3.05) is 24.6 Å². The lowest BCUT2D eigenvalue weighted by Gasteiger charge is -2.18. The van der Waals surface area contributed by atoms with Gasteiger partial charge in [-0.1, -0.05) is 12.1 Å². The van der Waals surface area contributed by atoms with Crippen LogP contribution in [0, 0.1) is 0 Å². The second kappa shape index (κ2) is 3.24. The third kappa shape index (κ3) is 1.63. The molecule has 0 aromatic heterocycles. The lowest BCUT2D eigenvalue weighted by Crippen LogP contribution is -2.17. The smallest absolute Gasteiger partial charge is 0.114 e. The second-order valence-electron chi connectivity index (χ2n) is 4.76. The minimum atomic E-state index is 0.0174. The molecule has 15 heavy (non-hydrogen) atoms. The van der Waals surface area contributed by atoms with Crippen LogP contribution in [0.4, 0.5) is 5.69 Å². The molecule has 1 atom stereocenters. The van der Waals surface area contributed by atoms with Gasteiger partial charge in [0.1, 0.15) is 5.60 Å². The van der Waals surface area contributed by atoms with Crippen molar-refractivity contribution in [3.63, 3.8) is 0 Å². The van der Waals surface area contributed by atoms with Gasteiger partial charge in [-0.2, -0.15) is 0 Å². The van der Waals surface area contributed by atoms with E-state index >= 15 is 0 Å². The highest BCUT2D eigenvalue weighted by Gasteiger charge is 2.40. The summed E-state index contributed by atoms with van der Waals surface area (Å²) in [5.74, 6) is 0. The monoisotopic (exact) mass is 203 g/mol. The molecule has 0 bridgehead atoms. The summed E-state index contributed by atoms with van der Waals surface area (Å²) in [5, 5.41) is 0. The van der Waals surface area contributed by atoms with Crippen molar-refractivity contribution in [2.45, 2.75) is 25.4 Å². The van der Waals surface area contributed by atoms with Gasteiger partial charge in [0.25, 0.3) is 0 Å². The fraction of sp³-hybridized carbons (Fsp3) is 0.538. The Bertz CT molecular complexity index is 347. The SMILES string of the molecule is CC1(c2ccc(N3CCCC3)cc2)CO1. The number of anilines is 1. The predicted octanol–water partition coefficient (Wildman–Crippen LogP) is 2.53. The molecule has 0 amide bonds. The van der Waals surface area contributed by atoms with E-state index < -0.39 is 0 Å². The first-order chi connectivity index (χ1) is 7.28. The van der Waals surface area contributed by atoms with E-state index in [1.807, 2.05) is 0 Å². The highest BCUT2D eigenvalue weighted by atomic mass is 16.6. The average molecular weight is 203 g/mol. The number of benzene rings is 1. The molecule has 1 aromatic rings. The summed E-state index contributed by atoms with van der Waals surface area (Å²) >= 11 is 0. The molecule has 0 aliphatic carbocycles. The molecule has 3 rings (SSSR count). The highest BCUT2D eigenvalue weighted by molar-refractivity contribution is 5.49. The van der Waals surface area contributed by atoms with Gasteiger partial charge in [0.05, 0.1) is 6.61 Å². The normalized spacial score (nSPS) is 29.5. The zero-order valence-corrected chi connectivity index (χ0v) is 9.20. The van der Waals surface area contributed by atoms with Crippen LogP contribution in [0.5, 0.6) is 0 Å². The predicted molar refractivity (Wildman–Crippen MR) is 61.2 cm³/mol. The maximum absolute atomic E-state index is 5.43. The second-order valence-corrected chi connectivity index (χ2v) is 4.76. The lowest BCUT2D eigenvalue weighted by molar-refractivity contribution is 0.329. The Morgan fingerprint density at radius 3 is 2.27 bits per heavy atom. The molecule has 2 heterocycles. The molecule has 0 spiro atoms. The van der Waals surface area contributed by atoms with Gasteiger partial charge in [0.2, 0.25) is 0 Å². The Labute approximate surface area is 90.8 Å². The Morgan fingerprint density at radius 2 is 1.73 bits per heavy atom. The summed E-state index contributed by atoms with van der Waals surface area (Å²) < 4.78 is 5.43. The van der Waals surface area contributed by atoms with E-state index in [-0.39, 0.29) is 5.60 Å². The van der Waals surface area contributed by atoms with Crippen LogP contribution in [0.1, 0.15) is 25.3 Å². The van der Waals surface area contributed by atoms with Crippen molar-refractivity contribution in [3.8, 4) is 0 Å². The molecule has 1 aromatic carbocycles. The maximum Gasteiger partial charge on any atom is 0.114 e. The van der Waals surface area contributed by atoms with Crippen LogP contribution in [0.2, 0.25) is 0 Å². The number of hydrogen-bond acceptors (Lipinski definition) is 2. The molecule has 1 unspecified atom stereocenters. The Morgan fingerprint density at radius 1 is 1.13 bits per heavy atom. The third-order valence-corrected chi connectivity index (χ3v) is 3.53. The van der Waals surface area contributed by atoms with Crippen molar-refractivity contribution in [1.29, 1.82) is 0 Å². The van der Waals surface area contributed by atoms with E-state index in [2.05, 4.69) is 36.1 Å². The Kier molecular flexibility index (Phi) is 1.99. The summed E-state index contributed by atoms with van der Waals surface area (Å²) in [6.45, 7) is 5.45. The molecule has 0 radical (unpaired) electrons. The molecule has 80 valence electrons. The van der Waals surface area contributed by atoms with Gasteiger partial charge in [-0.15, -0.1) is 0 Å². The summed E-state index contributed by atoms with van der Waals surface area (Å²) in [4.78, 5) is 2.46. The fourth-order valence-electron chi connectivity index (χ4n) is 2.28. The van der Waals surface area contributed by atoms with Crippen LogP contribution >= 0.6 is 0 Å². The molecule has 0 N–H and O–H groups in total. The van der Waals surface area contributed by atoms with Crippen molar-refractivity contribution >= 4 is 5.69 Å². The molecule has 2 aliphatic rings. The van der Waals surface area contributed by atoms with Crippen molar-refractivity contribution in [2.24, 2.45) is 0 Å². The van der Waals surface area contributed by atoms with Crippen LogP contribution < -0.4 is 4.90 Å². The number of epoxide rings is 1. The first-order valence-electron chi connectivity index (χ1n) is 5.77. The summed E-state index contributed by atoms with van der Waals surface area (Å²) in [5.41, 5.74) is 2.69. The van der Waals surface area contributed by atoms with Gasteiger partial charge in [-0.05, 0) is 37.5 Å². The number of hydrogen-bond donors (Lipinski definition) is 0. The van der Waals surface area contributed by atoms with Crippen LogP contribution in [0.3, 0.4) is 0 Å². The summed E-state index contributed by atoms with van der Waals surface area (Å²) in [6.07, 6.45) is 2.67. The molecule has 2 aliphatic heterocycles. The number of rotatable bonds is 2. The topological polar surface area (TPSA) is 15.8 Å². The molecule has 2 nitrogen and oxygen atoms in total. The minimum Gasteiger partial charge on any atom is -0.372 e. The molecular weight excluding hydrogens is 186 g/mol. The van der Waals surface area contributed by atoms with Gasteiger partial charge in [-0.3, -0.25) is 0 Å². The minimum absolute atomic E-state index is 0.0174. The maximum atomic E-state index is 5.43. The van der Waals surface area contributed by atoms with E-state index in [0.717, 1.165) is 6.61 Å². The van der Waals surface area contributed by atoms with E-state index in [1.54, 1.807) is 0 Å². The Balaban J connectivity index is 1.81. The van der Waals surface area contributed by atoms with Gasteiger partial charge >= 0.3 is 0 Å². The van der Waals surface area contributed by atoms with Crippen molar-refractivity contribution < 1.29 is 4.74 Å². The van der Waals surface area contributed by atoms with Crippen LogP contribution in [0.15, 0.2) is 24.3 Å². The average Bonchev–Trinajstić information content (AvgIpc) is 2.84. The lowest BCUT2D eigenvalue weighted by atomic mass is 10.0. The summed E-state index contributed by atoms with van der Waals surface area (Å²) in [6, 6.07) is 8.88. The largest absolute Gasteiger partial charge is 0.372 e. The van der Waals surface area contributed by atoms with E-state index in [0.29, 0.717) is 0 Å². The van der Waals surface area contributed by atoms with Crippen LogP contribution in [0.25, 0.3) is 0 Å². The zero-order valence-electron chi connectivity index (χ0n) is 9.20. The standard InChI is InChI=1S/C13H17NO/c1-13(10-15-13)11-4-6-12(7-5-11)14-8-2-3-9-14/h4-7H,2-3,8-10H2,1H3. The summed E-state index contributed by atoms with van der Waals surface area (Å²) in [7, 11) is 0. The van der Waals surface area contributed by atoms with E-state index in [1.165, 1.54) is 37.2 Å². The third-order valence-electron chi connectivity index (χ3n) is 3.53. The Hall–Kier alpha value is -1.02. The van der Waals surface area contributed by atoms with Crippen molar-refractivity contribution in [3.05, 3.63) is 29.8 Å². The van der Waals surface area contributed by atoms with Gasteiger partial charge < -0.3 is 9.64 Å². The molecule has 0 saturated carbocycles. The van der Waals surface area contributed by atoms with Crippen LogP contribution in [-0.2, 0) is 10.3 Å². The molecule has 2 heteroatoms. The first kappa shape index (κ1) is 9.22. The number of ether oxygens (including phenoxy) is 1. The van der Waals surface area contributed by atoms with E-state index in [4.69, 9.17) is 4.74 Å². The van der Waals surface area contributed by atoms with Crippen LogP contribution in [-0.4, -0.2) is 19.7 Å². The molecular formula is C13H17NO. The quantitative estimate of drug-likeness (QED) is 0.686. The molecule has 2 saturated heterocycles. The van der Waals surface area contributed by atoms with E-state index in [9.17, 15) is 0 Å². The first-order valence-corrected chi connectivity index (χ1v) is 5.77. The van der Waals surface area contributed by atoms with Gasteiger partial charge in [0.15, 0.2) is 0 Å².